The van der Waals surface area contributed by atoms with Gasteiger partial charge in [0.25, 0.3) is 0 Å². The number of Topliss-reactive ketones (excluding diaryl/α,β-unsaturated/α-hetero) is 1. The lowest BCUT2D eigenvalue weighted by Crippen LogP contribution is -2.32. The number of carbonyl (C=O) groups excluding carboxylic acids is 3. The quantitative estimate of drug-likeness (QED) is 0.103. The summed E-state index contributed by atoms with van der Waals surface area (Å²) in [5.74, 6) is -0.144. The second-order valence-electron chi connectivity index (χ2n) is 17.2. The molecule has 5 rings (SSSR count). The molecule has 1 fully saturated rings. The van der Waals surface area contributed by atoms with Crippen LogP contribution >= 0.6 is 0 Å². The molecule has 2 atom stereocenters. The standard InChI is InChI=1S/C46H57F3N4O5/c1-9-38-37(46(47,48)49)25-39(53(38)36-18-11-14-32(23-36)28-52-43(56)58-45(6,7)8)40(54)21-29(2)33-15-12-17-35(24-33)41(50-26-30-19-20-30)34-16-10-13-31(22-34)27-51-42(55)57-44(3,4)5/h10-18,22-25,29-30,41,50H,9,19-21,26-28H2,1-8H3,(H,51,55)(H,52,56). The summed E-state index contributed by atoms with van der Waals surface area (Å²) in [6.45, 7) is 15.5. The first-order chi connectivity index (χ1) is 27.2. The fourth-order valence-electron chi connectivity index (χ4n) is 6.89. The van der Waals surface area contributed by atoms with Crippen molar-refractivity contribution in [3.63, 3.8) is 0 Å². The molecule has 1 aliphatic rings. The monoisotopic (exact) mass is 802 g/mol. The highest BCUT2D eigenvalue weighted by atomic mass is 19.4. The number of rotatable bonds is 15. The van der Waals surface area contributed by atoms with E-state index in [4.69, 9.17) is 9.47 Å². The molecule has 1 aliphatic carbocycles. The molecule has 0 aliphatic heterocycles. The first kappa shape index (κ1) is 44.0. The number of halogens is 3. The molecule has 9 nitrogen and oxygen atoms in total. The van der Waals surface area contributed by atoms with Crippen molar-refractivity contribution in [2.24, 2.45) is 5.92 Å². The van der Waals surface area contributed by atoms with Crippen molar-refractivity contribution in [2.45, 2.75) is 124 Å². The van der Waals surface area contributed by atoms with Crippen molar-refractivity contribution in [2.75, 3.05) is 6.54 Å². The lowest BCUT2D eigenvalue weighted by atomic mass is 9.90. The largest absolute Gasteiger partial charge is 0.444 e. The number of benzene rings is 3. The molecule has 3 aromatic carbocycles. The molecule has 4 aromatic rings. The van der Waals surface area contributed by atoms with Crippen LogP contribution < -0.4 is 16.0 Å². The molecule has 3 N–H and O–H groups in total. The van der Waals surface area contributed by atoms with Crippen LogP contribution in [0, 0.1) is 5.92 Å². The molecule has 0 radical (unpaired) electrons. The lowest BCUT2D eigenvalue weighted by molar-refractivity contribution is -0.138. The number of hydrogen-bond acceptors (Lipinski definition) is 6. The molecule has 1 aromatic heterocycles. The Hall–Kier alpha value is -5.10. The molecule has 0 bridgehead atoms. The Bertz CT molecular complexity index is 2070. The highest BCUT2D eigenvalue weighted by molar-refractivity contribution is 5.96. The third-order valence-electron chi connectivity index (χ3n) is 9.77. The Balaban J connectivity index is 1.40. The maximum atomic E-state index is 14.5. The summed E-state index contributed by atoms with van der Waals surface area (Å²) in [6, 6.07) is 23.6. The molecular weight excluding hydrogens is 746 g/mol. The number of aromatic nitrogens is 1. The summed E-state index contributed by atoms with van der Waals surface area (Å²) in [7, 11) is 0. The third kappa shape index (κ3) is 12.4. The van der Waals surface area contributed by atoms with E-state index in [1.807, 2.05) is 64.1 Å². The number of hydrogen-bond donors (Lipinski definition) is 3. The molecule has 2 amide bonds. The molecule has 0 spiro atoms. The smallest absolute Gasteiger partial charge is 0.418 e. The Labute approximate surface area is 340 Å². The van der Waals surface area contributed by atoms with Crippen LogP contribution in [0.3, 0.4) is 0 Å². The molecule has 58 heavy (non-hydrogen) atoms. The molecule has 2 unspecified atom stereocenters. The molecule has 12 heteroatoms. The number of nitrogens with zero attached hydrogens (tertiary/aromatic N) is 1. The zero-order chi connectivity index (χ0) is 42.4. The number of alkyl carbamates (subject to hydrolysis) is 2. The van der Waals surface area contributed by atoms with Gasteiger partial charge in [-0.05, 0) is 125 Å². The third-order valence-corrected chi connectivity index (χ3v) is 9.77. The maximum absolute atomic E-state index is 14.5. The summed E-state index contributed by atoms with van der Waals surface area (Å²) in [5.41, 5.74) is 2.59. The van der Waals surface area contributed by atoms with E-state index in [1.54, 1.807) is 52.0 Å². The van der Waals surface area contributed by atoms with Gasteiger partial charge in [-0.15, -0.1) is 0 Å². The van der Waals surface area contributed by atoms with Crippen molar-refractivity contribution in [3.8, 4) is 5.69 Å². The average Bonchev–Trinajstić information content (AvgIpc) is 3.88. The highest BCUT2D eigenvalue weighted by Gasteiger charge is 2.38. The molecule has 312 valence electrons. The van der Waals surface area contributed by atoms with Gasteiger partial charge in [0, 0.05) is 30.9 Å². The second kappa shape index (κ2) is 18.2. The van der Waals surface area contributed by atoms with Gasteiger partial charge < -0.3 is 30.0 Å². The zero-order valence-corrected chi connectivity index (χ0v) is 34.8. The van der Waals surface area contributed by atoms with Crippen molar-refractivity contribution < 1.29 is 37.0 Å². The van der Waals surface area contributed by atoms with Gasteiger partial charge in [0.05, 0.1) is 17.3 Å². The van der Waals surface area contributed by atoms with Gasteiger partial charge in [-0.25, -0.2) is 9.59 Å². The second-order valence-corrected chi connectivity index (χ2v) is 17.2. The van der Waals surface area contributed by atoms with E-state index >= 15 is 0 Å². The predicted octanol–water partition coefficient (Wildman–Crippen LogP) is 10.6. The van der Waals surface area contributed by atoms with Crippen LogP contribution in [-0.4, -0.2) is 40.3 Å². The van der Waals surface area contributed by atoms with Crippen molar-refractivity contribution >= 4 is 18.0 Å². The lowest BCUT2D eigenvalue weighted by Gasteiger charge is -2.23. The zero-order valence-electron chi connectivity index (χ0n) is 34.8. The number of alkyl halides is 3. The Kier molecular flexibility index (Phi) is 13.8. The van der Waals surface area contributed by atoms with Crippen LogP contribution in [-0.2, 0) is 35.2 Å². The van der Waals surface area contributed by atoms with E-state index < -0.39 is 40.9 Å². The van der Waals surface area contributed by atoms with Crippen LogP contribution in [0.1, 0.15) is 136 Å². The van der Waals surface area contributed by atoms with E-state index in [1.165, 1.54) is 17.4 Å². The minimum absolute atomic E-state index is 0.0177. The number of ether oxygens (including phenoxy) is 2. The fraction of sp³-hybridized carbons (Fsp3) is 0.457. The highest BCUT2D eigenvalue weighted by Crippen LogP contribution is 2.38. The van der Waals surface area contributed by atoms with E-state index in [-0.39, 0.29) is 42.7 Å². The van der Waals surface area contributed by atoms with Gasteiger partial charge in [-0.2, -0.15) is 13.2 Å². The van der Waals surface area contributed by atoms with Crippen LogP contribution in [0.15, 0.2) is 78.9 Å². The van der Waals surface area contributed by atoms with Gasteiger partial charge in [-0.1, -0.05) is 74.5 Å². The summed E-state index contributed by atoms with van der Waals surface area (Å²) in [4.78, 5) is 38.9. The summed E-state index contributed by atoms with van der Waals surface area (Å²) in [5, 5.41) is 9.26. The summed E-state index contributed by atoms with van der Waals surface area (Å²) in [6.07, 6.45) is -3.44. The van der Waals surface area contributed by atoms with Gasteiger partial charge >= 0.3 is 18.4 Å². The Morgan fingerprint density at radius 2 is 1.29 bits per heavy atom. The maximum Gasteiger partial charge on any atom is 0.418 e. The Morgan fingerprint density at radius 3 is 1.84 bits per heavy atom. The van der Waals surface area contributed by atoms with E-state index in [9.17, 15) is 27.6 Å². The normalized spacial score (nSPS) is 14.4. The van der Waals surface area contributed by atoms with E-state index in [0.29, 0.717) is 23.7 Å². The van der Waals surface area contributed by atoms with Crippen LogP contribution in [0.2, 0.25) is 0 Å². The summed E-state index contributed by atoms with van der Waals surface area (Å²) >= 11 is 0. The molecular formula is C46H57F3N4O5. The molecule has 1 heterocycles. The van der Waals surface area contributed by atoms with Crippen molar-refractivity contribution in [3.05, 3.63) is 124 Å². The predicted molar refractivity (Wildman–Crippen MR) is 219 cm³/mol. The van der Waals surface area contributed by atoms with Gasteiger partial charge in [0.15, 0.2) is 5.78 Å². The Morgan fingerprint density at radius 1 is 0.759 bits per heavy atom. The topological polar surface area (TPSA) is 111 Å². The number of carbonyl (C=O) groups is 3. The average molecular weight is 803 g/mol. The number of amides is 2. The van der Waals surface area contributed by atoms with E-state index in [0.717, 1.165) is 34.9 Å². The SMILES string of the molecule is CCc1c(C(F)(F)F)cc(C(=O)CC(C)c2cccc(C(NCC3CC3)c3cccc(CNC(=O)OC(C)(C)C)c3)c2)n1-c1cccc(CNC(=O)OC(C)(C)C)c1. The van der Waals surface area contributed by atoms with Gasteiger partial charge in [-0.3, -0.25) is 4.79 Å². The van der Waals surface area contributed by atoms with Crippen LogP contribution in [0.5, 0.6) is 0 Å². The number of ketones is 1. The molecule has 0 saturated heterocycles. The summed E-state index contributed by atoms with van der Waals surface area (Å²) < 4.78 is 55.6. The minimum atomic E-state index is -4.67. The van der Waals surface area contributed by atoms with Gasteiger partial charge in [0.2, 0.25) is 0 Å². The fourth-order valence-corrected chi connectivity index (χ4v) is 6.89. The van der Waals surface area contributed by atoms with Crippen molar-refractivity contribution in [1.82, 2.24) is 20.5 Å². The van der Waals surface area contributed by atoms with Crippen LogP contribution in [0.25, 0.3) is 5.69 Å². The molecule has 1 saturated carbocycles. The first-order valence-corrected chi connectivity index (χ1v) is 20.0. The van der Waals surface area contributed by atoms with Gasteiger partial charge in [0.1, 0.15) is 11.2 Å². The van der Waals surface area contributed by atoms with Crippen LogP contribution in [0.4, 0.5) is 22.8 Å². The number of nitrogens with one attached hydrogen (secondary N) is 3. The van der Waals surface area contributed by atoms with E-state index in [2.05, 4.69) is 28.1 Å². The van der Waals surface area contributed by atoms with Crippen molar-refractivity contribution in [1.29, 1.82) is 0 Å². The minimum Gasteiger partial charge on any atom is -0.444 e. The first-order valence-electron chi connectivity index (χ1n) is 20.0.